The normalized spacial score (nSPS) is 10.7. The average Bonchev–Trinajstić information content (AvgIpc) is 3.07. The molecule has 0 saturated heterocycles. The summed E-state index contributed by atoms with van der Waals surface area (Å²) >= 11 is 0. The van der Waals surface area contributed by atoms with Crippen LogP contribution in [0.4, 0.5) is 5.69 Å². The number of hydrogen-bond acceptors (Lipinski definition) is 3. The Morgan fingerprint density at radius 1 is 0.958 bits per heavy atom. The minimum Gasteiger partial charge on any atom is -0.321 e. The van der Waals surface area contributed by atoms with Gasteiger partial charge in [0.05, 0.1) is 11.4 Å². The number of fused-ring (bicyclic) bond motifs is 1. The van der Waals surface area contributed by atoms with Gasteiger partial charge in [0.1, 0.15) is 5.65 Å². The highest BCUT2D eigenvalue weighted by molar-refractivity contribution is 6.06. The minimum absolute atomic E-state index is 0.173. The number of pyridine rings is 2. The Kier molecular flexibility index (Phi) is 3.51. The van der Waals surface area contributed by atoms with E-state index in [1.165, 1.54) is 0 Å². The van der Waals surface area contributed by atoms with Gasteiger partial charge < -0.3 is 9.72 Å². The highest BCUT2D eigenvalue weighted by Crippen LogP contribution is 2.27. The number of carbonyl (C=O) groups is 1. The van der Waals surface area contributed by atoms with E-state index in [-0.39, 0.29) is 5.91 Å². The predicted molar refractivity (Wildman–Crippen MR) is 92.8 cm³/mol. The molecule has 1 N–H and O–H groups in total. The molecule has 0 radical (unpaired) electrons. The first kappa shape index (κ1) is 14.1. The molecule has 5 heteroatoms. The number of amides is 1. The van der Waals surface area contributed by atoms with Crippen molar-refractivity contribution in [3.63, 3.8) is 0 Å². The van der Waals surface area contributed by atoms with E-state index in [0.29, 0.717) is 5.56 Å². The van der Waals surface area contributed by atoms with Crippen LogP contribution in [0.5, 0.6) is 0 Å². The lowest BCUT2D eigenvalue weighted by atomic mass is 10.1. The summed E-state index contributed by atoms with van der Waals surface area (Å²) in [5.41, 5.74) is 3.84. The summed E-state index contributed by atoms with van der Waals surface area (Å²) in [5, 5.41) is 2.95. The molecule has 4 rings (SSSR count). The fraction of sp³-hybridized carbons (Fsp3) is 0. The van der Waals surface area contributed by atoms with E-state index in [9.17, 15) is 4.79 Å². The second kappa shape index (κ2) is 5.96. The molecule has 0 aliphatic heterocycles. The molecule has 0 saturated carbocycles. The number of hydrogen-bond donors (Lipinski definition) is 1. The number of aromatic nitrogens is 3. The zero-order valence-corrected chi connectivity index (χ0v) is 12.8. The number of nitrogens with one attached hydrogen (secondary N) is 1. The monoisotopic (exact) mass is 314 g/mol. The Morgan fingerprint density at radius 2 is 1.75 bits per heavy atom. The molecule has 1 amide bonds. The molecule has 3 aromatic heterocycles. The third-order valence-corrected chi connectivity index (χ3v) is 3.76. The van der Waals surface area contributed by atoms with E-state index in [2.05, 4.69) is 15.3 Å². The number of nitrogens with zero attached hydrogens (tertiary/aromatic N) is 3. The van der Waals surface area contributed by atoms with Crippen LogP contribution >= 0.6 is 0 Å². The summed E-state index contributed by atoms with van der Waals surface area (Å²) in [6, 6.07) is 16.9. The minimum atomic E-state index is -0.173. The van der Waals surface area contributed by atoms with Crippen LogP contribution in [0.2, 0.25) is 0 Å². The van der Waals surface area contributed by atoms with E-state index in [0.717, 1.165) is 22.6 Å². The molecule has 0 unspecified atom stereocenters. The summed E-state index contributed by atoms with van der Waals surface area (Å²) < 4.78 is 1.96. The summed E-state index contributed by atoms with van der Waals surface area (Å²) in [5.74, 6) is -0.173. The van der Waals surface area contributed by atoms with Gasteiger partial charge in [-0.1, -0.05) is 24.3 Å². The largest absolute Gasteiger partial charge is 0.321 e. The first-order valence-corrected chi connectivity index (χ1v) is 7.56. The second-order valence-corrected chi connectivity index (χ2v) is 5.33. The Labute approximate surface area is 138 Å². The molecule has 24 heavy (non-hydrogen) atoms. The number of carbonyl (C=O) groups excluding carboxylic acids is 1. The van der Waals surface area contributed by atoms with Crippen molar-refractivity contribution in [1.29, 1.82) is 0 Å². The molecule has 5 nitrogen and oxygen atoms in total. The molecule has 0 fully saturated rings. The van der Waals surface area contributed by atoms with Crippen molar-refractivity contribution in [3.05, 3.63) is 84.9 Å². The van der Waals surface area contributed by atoms with Gasteiger partial charge in [-0.15, -0.1) is 0 Å². The van der Waals surface area contributed by atoms with Crippen LogP contribution in [0, 0.1) is 0 Å². The fourth-order valence-electron chi connectivity index (χ4n) is 2.58. The van der Waals surface area contributed by atoms with Crippen LogP contribution in [0.3, 0.4) is 0 Å². The lowest BCUT2D eigenvalue weighted by molar-refractivity contribution is 0.102. The van der Waals surface area contributed by atoms with Crippen molar-refractivity contribution in [1.82, 2.24) is 14.4 Å². The molecule has 0 aliphatic rings. The molecule has 116 valence electrons. The van der Waals surface area contributed by atoms with Crippen LogP contribution in [0.25, 0.3) is 16.9 Å². The van der Waals surface area contributed by atoms with E-state index in [1.807, 2.05) is 59.3 Å². The lowest BCUT2D eigenvalue weighted by Gasteiger charge is -2.09. The van der Waals surface area contributed by atoms with Crippen LogP contribution in [0.15, 0.2) is 79.4 Å². The van der Waals surface area contributed by atoms with E-state index in [1.54, 1.807) is 24.5 Å². The number of para-hydroxylation sites is 1. The van der Waals surface area contributed by atoms with Crippen LogP contribution < -0.4 is 5.32 Å². The maximum atomic E-state index is 12.4. The SMILES string of the molecule is O=C(Nc1ccccc1-c1cn2ccccc2n1)c1ccncc1. The maximum absolute atomic E-state index is 12.4. The van der Waals surface area contributed by atoms with E-state index >= 15 is 0 Å². The van der Waals surface area contributed by atoms with Gasteiger partial charge in [-0.2, -0.15) is 0 Å². The zero-order chi connectivity index (χ0) is 16.4. The van der Waals surface area contributed by atoms with E-state index < -0.39 is 0 Å². The van der Waals surface area contributed by atoms with Gasteiger partial charge in [-0.25, -0.2) is 4.98 Å². The molecular formula is C19H14N4O. The van der Waals surface area contributed by atoms with Crippen LogP contribution in [0.1, 0.15) is 10.4 Å². The molecular weight excluding hydrogens is 300 g/mol. The molecule has 1 aromatic carbocycles. The van der Waals surface area contributed by atoms with Crippen molar-refractivity contribution in [2.75, 3.05) is 5.32 Å². The molecule has 4 aromatic rings. The summed E-state index contributed by atoms with van der Waals surface area (Å²) in [7, 11) is 0. The number of benzene rings is 1. The van der Waals surface area contributed by atoms with Gasteiger partial charge in [0.25, 0.3) is 5.91 Å². The standard InChI is InChI=1S/C19H14N4O/c24-19(14-8-10-20-11-9-14)22-16-6-2-1-5-15(16)17-13-23-12-4-3-7-18(23)21-17/h1-13H,(H,22,24). The van der Waals surface area contributed by atoms with Gasteiger partial charge >= 0.3 is 0 Å². The fourth-order valence-corrected chi connectivity index (χ4v) is 2.58. The smallest absolute Gasteiger partial charge is 0.255 e. The Hall–Kier alpha value is -3.47. The summed E-state index contributed by atoms with van der Waals surface area (Å²) in [6.07, 6.45) is 7.10. The first-order chi connectivity index (χ1) is 11.8. The predicted octanol–water partition coefficient (Wildman–Crippen LogP) is 3.65. The number of anilines is 1. The molecule has 3 heterocycles. The van der Waals surface area contributed by atoms with Gasteiger partial charge in [0.15, 0.2) is 0 Å². The molecule has 0 spiro atoms. The van der Waals surface area contributed by atoms with Crippen LogP contribution in [-0.4, -0.2) is 20.3 Å². The third-order valence-electron chi connectivity index (χ3n) is 3.76. The first-order valence-electron chi connectivity index (χ1n) is 7.56. The Bertz CT molecular complexity index is 975. The Balaban J connectivity index is 1.71. The van der Waals surface area contributed by atoms with Crippen molar-refractivity contribution in [3.8, 4) is 11.3 Å². The van der Waals surface area contributed by atoms with Gasteiger partial charge in [0.2, 0.25) is 0 Å². The third kappa shape index (κ3) is 2.63. The Morgan fingerprint density at radius 3 is 2.58 bits per heavy atom. The van der Waals surface area contributed by atoms with Gasteiger partial charge in [-0.3, -0.25) is 9.78 Å². The molecule has 0 atom stereocenters. The summed E-state index contributed by atoms with van der Waals surface area (Å²) in [4.78, 5) is 21.0. The quantitative estimate of drug-likeness (QED) is 0.628. The topological polar surface area (TPSA) is 59.3 Å². The second-order valence-electron chi connectivity index (χ2n) is 5.33. The molecule has 0 aliphatic carbocycles. The summed E-state index contributed by atoms with van der Waals surface area (Å²) in [6.45, 7) is 0. The van der Waals surface area contributed by atoms with E-state index in [4.69, 9.17) is 0 Å². The van der Waals surface area contributed by atoms with Gasteiger partial charge in [-0.05, 0) is 30.3 Å². The number of rotatable bonds is 3. The average molecular weight is 314 g/mol. The maximum Gasteiger partial charge on any atom is 0.255 e. The lowest BCUT2D eigenvalue weighted by Crippen LogP contribution is -2.12. The zero-order valence-electron chi connectivity index (χ0n) is 12.8. The van der Waals surface area contributed by atoms with Crippen molar-refractivity contribution < 1.29 is 4.79 Å². The van der Waals surface area contributed by atoms with Crippen LogP contribution in [-0.2, 0) is 0 Å². The molecule has 0 bridgehead atoms. The highest BCUT2D eigenvalue weighted by atomic mass is 16.1. The van der Waals surface area contributed by atoms with Crippen molar-refractivity contribution in [2.24, 2.45) is 0 Å². The number of imidazole rings is 1. The highest BCUT2D eigenvalue weighted by Gasteiger charge is 2.12. The van der Waals surface area contributed by atoms with Crippen molar-refractivity contribution >= 4 is 17.2 Å². The van der Waals surface area contributed by atoms with Gasteiger partial charge in [0, 0.05) is 35.9 Å². The van der Waals surface area contributed by atoms with Crippen molar-refractivity contribution in [2.45, 2.75) is 0 Å².